The van der Waals surface area contributed by atoms with Crippen LogP contribution in [0.4, 0.5) is 0 Å². The second-order valence-corrected chi connectivity index (χ2v) is 3.99. The summed E-state index contributed by atoms with van der Waals surface area (Å²) in [6.07, 6.45) is 0.830. The van der Waals surface area contributed by atoms with Crippen LogP contribution >= 0.6 is 11.6 Å². The number of hydrogen-bond acceptors (Lipinski definition) is 2. The van der Waals surface area contributed by atoms with Crippen LogP contribution in [0.15, 0.2) is 12.1 Å². The topological polar surface area (TPSA) is 46.2 Å². The monoisotopic (exact) mass is 213 g/mol. The van der Waals surface area contributed by atoms with Crippen molar-refractivity contribution in [2.45, 2.75) is 26.2 Å². The van der Waals surface area contributed by atoms with Gasteiger partial charge in [-0.15, -0.1) is 0 Å². The quantitative estimate of drug-likeness (QED) is 0.811. The van der Waals surface area contributed by atoms with Gasteiger partial charge in [-0.2, -0.15) is 0 Å². The van der Waals surface area contributed by atoms with Crippen LogP contribution in [-0.2, 0) is 0 Å². The van der Waals surface area contributed by atoms with Crippen molar-refractivity contribution < 1.29 is 5.11 Å². The summed E-state index contributed by atoms with van der Waals surface area (Å²) < 4.78 is 0. The molecule has 14 heavy (non-hydrogen) atoms. The molecule has 1 unspecified atom stereocenters. The number of nitrogens with two attached hydrogens (primary N) is 1. The van der Waals surface area contributed by atoms with Crippen LogP contribution in [-0.4, -0.2) is 11.7 Å². The SMILES string of the molecule is Cc1ccc(O)c(C(C)CCN)c1Cl. The zero-order valence-electron chi connectivity index (χ0n) is 8.55. The van der Waals surface area contributed by atoms with Gasteiger partial charge in [-0.1, -0.05) is 24.6 Å². The van der Waals surface area contributed by atoms with E-state index in [0.717, 1.165) is 17.5 Å². The van der Waals surface area contributed by atoms with Gasteiger partial charge in [0, 0.05) is 5.56 Å². The number of halogens is 1. The van der Waals surface area contributed by atoms with Crippen molar-refractivity contribution in [1.29, 1.82) is 0 Å². The number of aromatic hydroxyl groups is 1. The van der Waals surface area contributed by atoms with Crippen molar-refractivity contribution >= 4 is 11.6 Å². The molecule has 0 heterocycles. The highest BCUT2D eigenvalue weighted by Crippen LogP contribution is 2.35. The number of phenolic OH excluding ortho intramolecular Hbond substituents is 1. The Labute approximate surface area is 89.7 Å². The molecule has 0 radical (unpaired) electrons. The predicted octanol–water partition coefficient (Wildman–Crippen LogP) is 2.81. The summed E-state index contributed by atoms with van der Waals surface area (Å²) in [6, 6.07) is 3.50. The van der Waals surface area contributed by atoms with Gasteiger partial charge >= 0.3 is 0 Å². The third-order valence-electron chi connectivity index (χ3n) is 2.44. The highest BCUT2D eigenvalue weighted by Gasteiger charge is 2.15. The van der Waals surface area contributed by atoms with E-state index in [2.05, 4.69) is 0 Å². The van der Waals surface area contributed by atoms with E-state index in [9.17, 15) is 5.11 Å². The Morgan fingerprint density at radius 2 is 2.14 bits per heavy atom. The van der Waals surface area contributed by atoms with Gasteiger partial charge in [0.05, 0.1) is 5.02 Å². The lowest BCUT2D eigenvalue weighted by molar-refractivity contribution is 0.461. The van der Waals surface area contributed by atoms with E-state index >= 15 is 0 Å². The second-order valence-electron chi connectivity index (χ2n) is 3.61. The summed E-state index contributed by atoms with van der Waals surface area (Å²) in [5, 5.41) is 10.3. The lowest BCUT2D eigenvalue weighted by atomic mass is 9.95. The lowest BCUT2D eigenvalue weighted by Gasteiger charge is -2.15. The number of phenols is 1. The van der Waals surface area contributed by atoms with Gasteiger partial charge in [0.25, 0.3) is 0 Å². The molecule has 0 aliphatic heterocycles. The van der Waals surface area contributed by atoms with Crippen LogP contribution in [0.25, 0.3) is 0 Å². The minimum atomic E-state index is 0.201. The number of benzene rings is 1. The normalized spacial score (nSPS) is 12.9. The molecule has 0 aliphatic rings. The molecule has 1 rings (SSSR count). The third-order valence-corrected chi connectivity index (χ3v) is 2.94. The Morgan fingerprint density at radius 3 is 2.71 bits per heavy atom. The zero-order chi connectivity index (χ0) is 10.7. The summed E-state index contributed by atoms with van der Waals surface area (Å²) in [5.74, 6) is 0.467. The maximum absolute atomic E-state index is 9.69. The minimum absolute atomic E-state index is 0.201. The number of hydrogen-bond donors (Lipinski definition) is 2. The molecule has 0 amide bonds. The van der Waals surface area contributed by atoms with Crippen molar-refractivity contribution in [1.82, 2.24) is 0 Å². The molecular formula is C11H16ClNO. The van der Waals surface area contributed by atoms with Crippen molar-refractivity contribution in [2.75, 3.05) is 6.54 Å². The van der Waals surface area contributed by atoms with Crippen LogP contribution in [0.1, 0.15) is 30.4 Å². The highest BCUT2D eigenvalue weighted by molar-refractivity contribution is 6.32. The molecule has 1 atom stereocenters. The van der Waals surface area contributed by atoms with Gasteiger partial charge in [0.1, 0.15) is 5.75 Å². The first-order valence-electron chi connectivity index (χ1n) is 4.76. The van der Waals surface area contributed by atoms with Gasteiger partial charge < -0.3 is 10.8 Å². The average Bonchev–Trinajstić information content (AvgIpc) is 2.13. The molecule has 3 N–H and O–H groups in total. The second kappa shape index (κ2) is 4.67. The summed E-state index contributed by atoms with van der Waals surface area (Å²) in [5.41, 5.74) is 7.29. The van der Waals surface area contributed by atoms with Crippen molar-refractivity contribution in [3.63, 3.8) is 0 Å². The Bertz CT molecular complexity index is 325. The van der Waals surface area contributed by atoms with E-state index < -0.39 is 0 Å². The summed E-state index contributed by atoms with van der Waals surface area (Å²) in [4.78, 5) is 0. The van der Waals surface area contributed by atoms with Crippen LogP contribution in [0.3, 0.4) is 0 Å². The van der Waals surface area contributed by atoms with Gasteiger partial charge in [0.15, 0.2) is 0 Å². The molecule has 0 saturated carbocycles. The molecule has 0 spiro atoms. The molecule has 0 fully saturated rings. The van der Waals surface area contributed by atoms with E-state index in [1.807, 2.05) is 19.9 Å². The summed E-state index contributed by atoms with van der Waals surface area (Å²) >= 11 is 6.13. The van der Waals surface area contributed by atoms with E-state index in [-0.39, 0.29) is 11.7 Å². The standard InChI is InChI=1S/C11H16ClNO/c1-7(5-6-13)10-9(14)4-3-8(2)11(10)12/h3-4,7,14H,5-6,13H2,1-2H3. The first-order chi connectivity index (χ1) is 6.57. The fourth-order valence-electron chi connectivity index (χ4n) is 1.55. The summed E-state index contributed by atoms with van der Waals surface area (Å²) in [6.45, 7) is 4.55. The highest BCUT2D eigenvalue weighted by atomic mass is 35.5. The molecule has 3 heteroatoms. The maximum atomic E-state index is 9.69. The van der Waals surface area contributed by atoms with Crippen LogP contribution in [0.5, 0.6) is 5.75 Å². The van der Waals surface area contributed by atoms with Gasteiger partial charge in [-0.25, -0.2) is 0 Å². The molecule has 2 nitrogen and oxygen atoms in total. The number of aryl methyl sites for hydroxylation is 1. The molecule has 78 valence electrons. The van der Waals surface area contributed by atoms with Crippen LogP contribution in [0, 0.1) is 6.92 Å². The molecule has 1 aromatic rings. The van der Waals surface area contributed by atoms with Gasteiger partial charge in [-0.3, -0.25) is 0 Å². The van der Waals surface area contributed by atoms with Gasteiger partial charge in [0.2, 0.25) is 0 Å². The van der Waals surface area contributed by atoms with E-state index in [1.54, 1.807) is 6.07 Å². The van der Waals surface area contributed by atoms with Crippen LogP contribution in [0.2, 0.25) is 5.02 Å². The van der Waals surface area contributed by atoms with E-state index in [0.29, 0.717) is 11.6 Å². The smallest absolute Gasteiger partial charge is 0.120 e. The first-order valence-corrected chi connectivity index (χ1v) is 5.13. The fraction of sp³-hybridized carbons (Fsp3) is 0.455. The third kappa shape index (κ3) is 2.20. The molecule has 0 bridgehead atoms. The average molecular weight is 214 g/mol. The number of rotatable bonds is 3. The minimum Gasteiger partial charge on any atom is -0.508 e. The zero-order valence-corrected chi connectivity index (χ0v) is 9.30. The molecule has 0 aromatic heterocycles. The lowest BCUT2D eigenvalue weighted by Crippen LogP contribution is -2.05. The van der Waals surface area contributed by atoms with E-state index in [1.165, 1.54) is 0 Å². The Kier molecular flexibility index (Phi) is 3.78. The Hall–Kier alpha value is -0.730. The van der Waals surface area contributed by atoms with Crippen molar-refractivity contribution in [3.05, 3.63) is 28.3 Å². The largest absolute Gasteiger partial charge is 0.508 e. The molecule has 1 aromatic carbocycles. The first kappa shape index (κ1) is 11.3. The fourth-order valence-corrected chi connectivity index (χ4v) is 1.90. The van der Waals surface area contributed by atoms with E-state index in [4.69, 9.17) is 17.3 Å². The summed E-state index contributed by atoms with van der Waals surface area (Å²) in [7, 11) is 0. The van der Waals surface area contributed by atoms with Crippen molar-refractivity contribution in [2.24, 2.45) is 5.73 Å². The molecule has 0 aliphatic carbocycles. The Balaban J connectivity index is 3.11. The maximum Gasteiger partial charge on any atom is 0.120 e. The van der Waals surface area contributed by atoms with Crippen molar-refractivity contribution in [3.8, 4) is 5.75 Å². The predicted molar refractivity (Wildman–Crippen MR) is 59.9 cm³/mol. The molecule has 0 saturated heterocycles. The Morgan fingerprint density at radius 1 is 1.50 bits per heavy atom. The van der Waals surface area contributed by atoms with Gasteiger partial charge in [-0.05, 0) is 37.4 Å². The molecular weight excluding hydrogens is 198 g/mol. The van der Waals surface area contributed by atoms with Crippen LogP contribution < -0.4 is 5.73 Å².